The van der Waals surface area contributed by atoms with Gasteiger partial charge in [-0.1, -0.05) is 17.7 Å². The quantitative estimate of drug-likeness (QED) is 0.833. The standard InChI is InChI=1S/C10H7ClF3NO3/c11-6-3-5(9(17)7(16)4-15)1-2-8(6)18-10(12,13)14/h1-3,7,9,16-17H. The van der Waals surface area contributed by atoms with Gasteiger partial charge in [0.2, 0.25) is 0 Å². The minimum absolute atomic E-state index is 0.00331. The van der Waals surface area contributed by atoms with Gasteiger partial charge >= 0.3 is 6.36 Å². The normalized spacial score (nSPS) is 14.7. The number of benzene rings is 1. The molecule has 0 amide bonds. The highest BCUT2D eigenvalue weighted by Gasteiger charge is 2.32. The molecular formula is C10H7ClF3NO3. The molecule has 0 spiro atoms. The molecule has 0 aliphatic carbocycles. The first-order valence-corrected chi connectivity index (χ1v) is 4.93. The summed E-state index contributed by atoms with van der Waals surface area (Å²) in [4.78, 5) is 0. The summed E-state index contributed by atoms with van der Waals surface area (Å²) in [6.45, 7) is 0. The second kappa shape index (κ2) is 5.44. The average molecular weight is 282 g/mol. The lowest BCUT2D eigenvalue weighted by atomic mass is 10.1. The summed E-state index contributed by atoms with van der Waals surface area (Å²) in [6.07, 6.45) is -8.14. The molecule has 0 heterocycles. The zero-order valence-electron chi connectivity index (χ0n) is 8.65. The summed E-state index contributed by atoms with van der Waals surface area (Å²) in [7, 11) is 0. The number of ether oxygens (including phenoxy) is 1. The topological polar surface area (TPSA) is 73.5 Å². The van der Waals surface area contributed by atoms with Crippen molar-refractivity contribution in [1.29, 1.82) is 5.26 Å². The van der Waals surface area contributed by atoms with Crippen LogP contribution in [0.2, 0.25) is 5.02 Å². The molecule has 0 aliphatic rings. The fourth-order valence-corrected chi connectivity index (χ4v) is 1.39. The van der Waals surface area contributed by atoms with E-state index in [2.05, 4.69) is 4.74 Å². The van der Waals surface area contributed by atoms with Crippen LogP contribution < -0.4 is 4.74 Å². The first kappa shape index (κ1) is 14.6. The van der Waals surface area contributed by atoms with E-state index in [1.807, 2.05) is 0 Å². The van der Waals surface area contributed by atoms with Gasteiger partial charge in [0.15, 0.2) is 6.10 Å². The van der Waals surface area contributed by atoms with Gasteiger partial charge in [-0.2, -0.15) is 5.26 Å². The van der Waals surface area contributed by atoms with Crippen molar-refractivity contribution < 1.29 is 28.1 Å². The SMILES string of the molecule is N#CC(O)C(O)c1ccc(OC(F)(F)F)c(Cl)c1. The second-order valence-corrected chi connectivity index (χ2v) is 3.66. The number of aliphatic hydroxyl groups excluding tert-OH is 2. The third-order valence-electron chi connectivity index (χ3n) is 1.95. The summed E-state index contributed by atoms with van der Waals surface area (Å²) < 4.78 is 39.5. The first-order valence-electron chi connectivity index (χ1n) is 4.55. The zero-order chi connectivity index (χ0) is 13.9. The van der Waals surface area contributed by atoms with E-state index in [4.69, 9.17) is 22.0 Å². The van der Waals surface area contributed by atoms with Crippen molar-refractivity contribution >= 4 is 11.6 Å². The van der Waals surface area contributed by atoms with Gasteiger partial charge in [0.1, 0.15) is 11.9 Å². The van der Waals surface area contributed by atoms with E-state index in [0.717, 1.165) is 18.2 Å². The Labute approximate surface area is 105 Å². The summed E-state index contributed by atoms with van der Waals surface area (Å²) in [5.74, 6) is -0.633. The zero-order valence-corrected chi connectivity index (χ0v) is 9.40. The van der Waals surface area contributed by atoms with Gasteiger partial charge in [-0.05, 0) is 17.7 Å². The van der Waals surface area contributed by atoms with Crippen molar-refractivity contribution in [2.24, 2.45) is 0 Å². The Bertz CT molecular complexity index is 472. The fraction of sp³-hybridized carbons (Fsp3) is 0.300. The maximum atomic E-state index is 11.9. The Kier molecular flexibility index (Phi) is 4.40. The van der Waals surface area contributed by atoms with E-state index in [0.29, 0.717) is 0 Å². The third-order valence-corrected chi connectivity index (χ3v) is 2.25. The van der Waals surface area contributed by atoms with Crippen LogP contribution in [-0.4, -0.2) is 22.7 Å². The molecule has 4 nitrogen and oxygen atoms in total. The summed E-state index contributed by atoms with van der Waals surface area (Å²) >= 11 is 5.53. The monoisotopic (exact) mass is 281 g/mol. The Morgan fingerprint density at radius 3 is 2.39 bits per heavy atom. The molecule has 0 aliphatic heterocycles. The molecule has 98 valence electrons. The third kappa shape index (κ3) is 3.77. The van der Waals surface area contributed by atoms with Crippen LogP contribution in [0.1, 0.15) is 11.7 Å². The van der Waals surface area contributed by atoms with Crippen LogP contribution in [0.5, 0.6) is 5.75 Å². The molecule has 1 aromatic carbocycles. The van der Waals surface area contributed by atoms with Crippen molar-refractivity contribution in [2.45, 2.75) is 18.6 Å². The van der Waals surface area contributed by atoms with E-state index in [-0.39, 0.29) is 5.56 Å². The minimum Gasteiger partial charge on any atom is -0.404 e. The van der Waals surface area contributed by atoms with Crippen molar-refractivity contribution in [3.05, 3.63) is 28.8 Å². The lowest BCUT2D eigenvalue weighted by Crippen LogP contribution is -2.18. The molecule has 2 N–H and O–H groups in total. The largest absolute Gasteiger partial charge is 0.573 e. The molecule has 8 heteroatoms. The predicted octanol–water partition coefficient (Wildman–Crippen LogP) is 2.16. The Hall–Kier alpha value is -1.49. The molecule has 0 fully saturated rings. The number of nitrogens with zero attached hydrogens (tertiary/aromatic N) is 1. The highest BCUT2D eigenvalue weighted by atomic mass is 35.5. The molecule has 1 rings (SSSR count). The molecule has 2 unspecified atom stereocenters. The van der Waals surface area contributed by atoms with Crippen LogP contribution in [-0.2, 0) is 0 Å². The molecule has 18 heavy (non-hydrogen) atoms. The van der Waals surface area contributed by atoms with Crippen molar-refractivity contribution in [3.8, 4) is 11.8 Å². The number of hydrogen-bond donors (Lipinski definition) is 2. The summed E-state index contributed by atoms with van der Waals surface area (Å²) in [6, 6.07) is 4.32. The molecule has 0 aromatic heterocycles. The van der Waals surface area contributed by atoms with Gasteiger partial charge in [0.05, 0.1) is 11.1 Å². The maximum Gasteiger partial charge on any atom is 0.573 e. The van der Waals surface area contributed by atoms with Crippen LogP contribution in [0.15, 0.2) is 18.2 Å². The number of aliphatic hydroxyl groups is 2. The van der Waals surface area contributed by atoms with Crippen LogP contribution in [0.4, 0.5) is 13.2 Å². The van der Waals surface area contributed by atoms with E-state index in [1.165, 1.54) is 6.07 Å². The molecule has 2 atom stereocenters. The van der Waals surface area contributed by atoms with Crippen molar-refractivity contribution in [3.63, 3.8) is 0 Å². The number of rotatable bonds is 3. The van der Waals surface area contributed by atoms with Gasteiger partial charge in [-0.15, -0.1) is 13.2 Å². The van der Waals surface area contributed by atoms with Crippen LogP contribution in [0, 0.1) is 11.3 Å². The highest BCUT2D eigenvalue weighted by Crippen LogP contribution is 2.32. The number of hydrogen-bond acceptors (Lipinski definition) is 4. The molecule has 0 saturated carbocycles. The highest BCUT2D eigenvalue weighted by molar-refractivity contribution is 6.32. The molecule has 1 aromatic rings. The Morgan fingerprint density at radius 1 is 1.33 bits per heavy atom. The summed E-state index contributed by atoms with van der Waals surface area (Å²) in [5.41, 5.74) is 0.00331. The van der Waals surface area contributed by atoms with Gasteiger partial charge in [-0.25, -0.2) is 0 Å². The number of halogens is 4. The van der Waals surface area contributed by atoms with Crippen LogP contribution in [0.25, 0.3) is 0 Å². The molecular weight excluding hydrogens is 275 g/mol. The Balaban J connectivity index is 2.96. The Morgan fingerprint density at radius 2 is 1.94 bits per heavy atom. The lowest BCUT2D eigenvalue weighted by molar-refractivity contribution is -0.274. The van der Waals surface area contributed by atoms with E-state index in [1.54, 1.807) is 0 Å². The van der Waals surface area contributed by atoms with Gasteiger partial charge in [0.25, 0.3) is 0 Å². The van der Waals surface area contributed by atoms with Crippen molar-refractivity contribution in [2.75, 3.05) is 0 Å². The minimum atomic E-state index is -4.88. The number of alkyl halides is 3. The average Bonchev–Trinajstić information content (AvgIpc) is 2.28. The molecule has 0 saturated heterocycles. The smallest absolute Gasteiger partial charge is 0.404 e. The molecule has 0 radical (unpaired) electrons. The van der Waals surface area contributed by atoms with E-state index < -0.39 is 29.3 Å². The number of nitriles is 1. The van der Waals surface area contributed by atoms with Crippen LogP contribution >= 0.6 is 11.6 Å². The molecule has 0 bridgehead atoms. The lowest BCUT2D eigenvalue weighted by Gasteiger charge is -2.15. The van der Waals surface area contributed by atoms with E-state index in [9.17, 15) is 18.3 Å². The fourth-order valence-electron chi connectivity index (χ4n) is 1.16. The summed E-state index contributed by atoms with van der Waals surface area (Å²) in [5, 5.41) is 26.5. The van der Waals surface area contributed by atoms with Gasteiger partial charge in [0, 0.05) is 0 Å². The van der Waals surface area contributed by atoms with Gasteiger partial charge < -0.3 is 14.9 Å². The maximum absolute atomic E-state index is 11.9. The van der Waals surface area contributed by atoms with Crippen LogP contribution in [0.3, 0.4) is 0 Å². The van der Waals surface area contributed by atoms with Crippen molar-refractivity contribution in [1.82, 2.24) is 0 Å². The first-order chi connectivity index (χ1) is 8.24. The predicted molar refractivity (Wildman–Crippen MR) is 54.7 cm³/mol. The van der Waals surface area contributed by atoms with Gasteiger partial charge in [-0.3, -0.25) is 0 Å². The van der Waals surface area contributed by atoms with E-state index >= 15 is 0 Å². The second-order valence-electron chi connectivity index (χ2n) is 3.26.